The van der Waals surface area contributed by atoms with E-state index in [0.717, 1.165) is 5.56 Å². The van der Waals surface area contributed by atoms with Gasteiger partial charge in [-0.1, -0.05) is 26.0 Å². The lowest BCUT2D eigenvalue weighted by Crippen LogP contribution is -2.35. The quantitative estimate of drug-likeness (QED) is 0.931. The highest BCUT2D eigenvalue weighted by Gasteiger charge is 2.38. The molecule has 1 aliphatic heterocycles. The van der Waals surface area contributed by atoms with E-state index in [-0.39, 0.29) is 11.3 Å². The smallest absolute Gasteiger partial charge is 0.181 e. The first-order chi connectivity index (χ1) is 9.39. The van der Waals surface area contributed by atoms with Crippen molar-refractivity contribution in [3.63, 3.8) is 0 Å². The Balaban J connectivity index is 2.07. The van der Waals surface area contributed by atoms with Crippen molar-refractivity contribution in [3.05, 3.63) is 29.3 Å². The van der Waals surface area contributed by atoms with Crippen LogP contribution in [0.15, 0.2) is 23.1 Å². The van der Waals surface area contributed by atoms with E-state index in [1.807, 2.05) is 19.1 Å². The van der Waals surface area contributed by atoms with Crippen LogP contribution in [-0.4, -0.2) is 19.7 Å². The summed E-state index contributed by atoms with van der Waals surface area (Å²) < 4.78 is 25.0. The van der Waals surface area contributed by atoms with Crippen LogP contribution in [0.25, 0.3) is 0 Å². The van der Waals surface area contributed by atoms with Crippen LogP contribution in [0.3, 0.4) is 0 Å². The lowest BCUT2D eigenvalue weighted by atomic mass is 9.95. The summed E-state index contributed by atoms with van der Waals surface area (Å²) in [4.78, 5) is 0.541. The summed E-state index contributed by atoms with van der Waals surface area (Å²) >= 11 is 0. The molecule has 1 aromatic carbocycles. The second-order valence-electron chi connectivity index (χ2n) is 6.54. The van der Waals surface area contributed by atoms with Crippen LogP contribution in [0.1, 0.15) is 63.1 Å². The van der Waals surface area contributed by atoms with E-state index < -0.39 is 9.84 Å². The van der Waals surface area contributed by atoms with Gasteiger partial charge in [-0.25, -0.2) is 8.42 Å². The summed E-state index contributed by atoms with van der Waals surface area (Å²) in [5.74, 6) is 0.420. The Labute approximate surface area is 121 Å². The molecule has 1 heterocycles. The molecule has 1 saturated carbocycles. The Bertz CT molecular complexity index is 617. The first-order valence-corrected chi connectivity index (χ1v) is 9.08. The molecule has 1 aromatic rings. The predicted molar refractivity (Wildman–Crippen MR) is 80.7 cm³/mol. The van der Waals surface area contributed by atoms with Crippen molar-refractivity contribution in [2.45, 2.75) is 68.2 Å². The molecule has 0 spiro atoms. The SMILES string of the molecule is CC(C)c1ccc2c(c1)C(NC1CC1)CC(C)S2(=O)=O. The van der Waals surface area contributed by atoms with Crippen molar-refractivity contribution in [2.75, 3.05) is 0 Å². The predicted octanol–water partition coefficient (Wildman–Crippen LogP) is 3.17. The summed E-state index contributed by atoms with van der Waals surface area (Å²) in [5.41, 5.74) is 2.21. The van der Waals surface area contributed by atoms with Crippen molar-refractivity contribution >= 4 is 9.84 Å². The summed E-state index contributed by atoms with van der Waals surface area (Å²) in [6, 6.07) is 6.66. The van der Waals surface area contributed by atoms with E-state index in [4.69, 9.17) is 0 Å². The number of benzene rings is 1. The Morgan fingerprint density at radius 2 is 1.95 bits per heavy atom. The van der Waals surface area contributed by atoms with Crippen molar-refractivity contribution in [2.24, 2.45) is 0 Å². The average molecular weight is 293 g/mol. The van der Waals surface area contributed by atoms with E-state index in [1.54, 1.807) is 0 Å². The Hall–Kier alpha value is -0.870. The van der Waals surface area contributed by atoms with Gasteiger partial charge in [0.1, 0.15) is 0 Å². The van der Waals surface area contributed by atoms with Gasteiger partial charge in [0.2, 0.25) is 0 Å². The third kappa shape index (κ3) is 2.40. The molecule has 110 valence electrons. The number of hydrogen-bond acceptors (Lipinski definition) is 3. The Morgan fingerprint density at radius 1 is 1.25 bits per heavy atom. The number of rotatable bonds is 3. The van der Waals surface area contributed by atoms with E-state index in [9.17, 15) is 8.42 Å². The van der Waals surface area contributed by atoms with Crippen molar-refractivity contribution in [1.82, 2.24) is 5.32 Å². The second-order valence-corrected chi connectivity index (χ2v) is 8.87. The molecule has 0 amide bonds. The number of nitrogens with one attached hydrogen (secondary N) is 1. The first-order valence-electron chi connectivity index (χ1n) is 7.53. The van der Waals surface area contributed by atoms with E-state index >= 15 is 0 Å². The third-order valence-electron chi connectivity index (χ3n) is 4.49. The lowest BCUT2D eigenvalue weighted by molar-refractivity contribution is 0.460. The molecule has 0 bridgehead atoms. The molecular formula is C16H23NO2S. The third-order valence-corrected chi connectivity index (χ3v) is 6.73. The van der Waals surface area contributed by atoms with E-state index in [0.29, 0.717) is 23.3 Å². The van der Waals surface area contributed by atoms with E-state index in [2.05, 4.69) is 25.2 Å². The lowest BCUT2D eigenvalue weighted by Gasteiger charge is -2.31. The number of hydrogen-bond donors (Lipinski definition) is 1. The van der Waals surface area contributed by atoms with Gasteiger partial charge in [-0.15, -0.1) is 0 Å². The molecule has 3 nitrogen and oxygen atoms in total. The molecule has 3 rings (SSSR count). The molecule has 2 atom stereocenters. The molecule has 1 fully saturated rings. The van der Waals surface area contributed by atoms with Crippen LogP contribution < -0.4 is 5.32 Å². The average Bonchev–Trinajstić information content (AvgIpc) is 3.19. The topological polar surface area (TPSA) is 46.2 Å². The maximum Gasteiger partial charge on any atom is 0.181 e. The highest BCUT2D eigenvalue weighted by molar-refractivity contribution is 7.92. The molecule has 2 unspecified atom stereocenters. The van der Waals surface area contributed by atoms with Gasteiger partial charge >= 0.3 is 0 Å². The maximum absolute atomic E-state index is 12.5. The molecule has 1 N–H and O–H groups in total. The summed E-state index contributed by atoms with van der Waals surface area (Å²) in [6.07, 6.45) is 3.13. The van der Waals surface area contributed by atoms with Gasteiger partial charge in [-0.05, 0) is 49.3 Å². The molecule has 20 heavy (non-hydrogen) atoms. The Morgan fingerprint density at radius 3 is 2.55 bits per heavy atom. The molecule has 4 heteroatoms. The standard InChI is InChI=1S/C16H23NO2S/c1-10(2)12-4-7-16-14(9-12)15(17-13-5-6-13)8-11(3)20(16,18)19/h4,7,9-11,13,15,17H,5-6,8H2,1-3H3. The summed E-state index contributed by atoms with van der Waals surface area (Å²) in [6.45, 7) is 6.12. The molecule has 2 aliphatic rings. The molecule has 0 saturated heterocycles. The van der Waals surface area contributed by atoms with Gasteiger partial charge in [0.05, 0.1) is 10.1 Å². The van der Waals surface area contributed by atoms with Crippen molar-refractivity contribution in [1.29, 1.82) is 0 Å². The van der Waals surface area contributed by atoms with Crippen LogP contribution in [0.4, 0.5) is 0 Å². The van der Waals surface area contributed by atoms with Crippen LogP contribution in [0, 0.1) is 0 Å². The highest BCUT2D eigenvalue weighted by atomic mass is 32.2. The minimum Gasteiger partial charge on any atom is -0.307 e. The molecule has 0 radical (unpaired) electrons. The van der Waals surface area contributed by atoms with Crippen molar-refractivity contribution in [3.8, 4) is 0 Å². The van der Waals surface area contributed by atoms with Gasteiger partial charge in [0.15, 0.2) is 9.84 Å². The van der Waals surface area contributed by atoms with Crippen LogP contribution in [0.2, 0.25) is 0 Å². The highest BCUT2D eigenvalue weighted by Crippen LogP contribution is 2.39. The minimum atomic E-state index is -3.15. The van der Waals surface area contributed by atoms with Gasteiger partial charge < -0.3 is 5.32 Å². The van der Waals surface area contributed by atoms with Gasteiger partial charge in [-0.3, -0.25) is 0 Å². The largest absolute Gasteiger partial charge is 0.307 e. The van der Waals surface area contributed by atoms with Crippen molar-refractivity contribution < 1.29 is 8.42 Å². The normalized spacial score (nSPS) is 28.4. The van der Waals surface area contributed by atoms with Gasteiger partial charge in [0.25, 0.3) is 0 Å². The summed E-state index contributed by atoms with van der Waals surface area (Å²) in [5, 5.41) is 3.32. The molecule has 0 aromatic heterocycles. The Kier molecular flexibility index (Phi) is 3.41. The zero-order valence-corrected chi connectivity index (χ0v) is 13.2. The second kappa shape index (κ2) is 4.85. The molecule has 1 aliphatic carbocycles. The summed E-state index contributed by atoms with van der Waals surface area (Å²) in [7, 11) is -3.15. The van der Waals surface area contributed by atoms with E-state index in [1.165, 1.54) is 18.4 Å². The molecular weight excluding hydrogens is 270 g/mol. The van der Waals surface area contributed by atoms with Gasteiger partial charge in [-0.2, -0.15) is 0 Å². The minimum absolute atomic E-state index is 0.190. The number of sulfone groups is 1. The fourth-order valence-corrected chi connectivity index (χ4v) is 4.62. The monoisotopic (exact) mass is 293 g/mol. The zero-order chi connectivity index (χ0) is 14.5. The fourth-order valence-electron chi connectivity index (χ4n) is 2.95. The maximum atomic E-state index is 12.5. The first kappa shape index (κ1) is 14.1. The van der Waals surface area contributed by atoms with Crippen LogP contribution in [-0.2, 0) is 9.84 Å². The zero-order valence-electron chi connectivity index (χ0n) is 12.4. The van der Waals surface area contributed by atoms with Crippen LogP contribution in [0.5, 0.6) is 0 Å². The van der Waals surface area contributed by atoms with Crippen LogP contribution >= 0.6 is 0 Å². The van der Waals surface area contributed by atoms with Gasteiger partial charge in [0, 0.05) is 12.1 Å². The number of fused-ring (bicyclic) bond motifs is 1. The fraction of sp³-hybridized carbons (Fsp3) is 0.625.